The fraction of sp³-hybridized carbons (Fsp3) is 0.0769. The lowest BCUT2D eigenvalue weighted by Gasteiger charge is -2.00. The smallest absolute Gasteiger partial charge is 0.271 e. The number of nitrogens with one attached hydrogen (secondary N) is 1. The van der Waals surface area contributed by atoms with Crippen LogP contribution in [0.1, 0.15) is 5.82 Å². The number of hydrogen-bond acceptors (Lipinski definition) is 2. The van der Waals surface area contributed by atoms with Gasteiger partial charge in [-0.15, -0.1) is 0 Å². The normalized spacial score (nSPS) is 10.9. The van der Waals surface area contributed by atoms with Gasteiger partial charge in [0.15, 0.2) is 5.65 Å². The zero-order chi connectivity index (χ0) is 11.8. The summed E-state index contributed by atoms with van der Waals surface area (Å²) in [5.74, 6) is 0.729. The van der Waals surface area contributed by atoms with Crippen LogP contribution >= 0.6 is 0 Å². The van der Waals surface area contributed by atoms with Gasteiger partial charge in [-0.05, 0) is 24.1 Å². The molecule has 4 nitrogen and oxygen atoms in total. The van der Waals surface area contributed by atoms with Crippen LogP contribution in [0.15, 0.2) is 47.3 Å². The molecule has 0 spiro atoms. The fourth-order valence-corrected chi connectivity index (χ4v) is 1.91. The third-order valence-electron chi connectivity index (χ3n) is 2.68. The Hall–Kier alpha value is -2.36. The van der Waals surface area contributed by atoms with Crippen LogP contribution in [-0.2, 0) is 0 Å². The van der Waals surface area contributed by atoms with E-state index in [1.807, 2.05) is 43.3 Å². The van der Waals surface area contributed by atoms with Crippen molar-refractivity contribution in [2.75, 3.05) is 0 Å². The van der Waals surface area contributed by atoms with E-state index in [2.05, 4.69) is 10.1 Å². The molecule has 0 aliphatic rings. The van der Waals surface area contributed by atoms with Crippen LogP contribution in [0.3, 0.4) is 0 Å². The summed E-state index contributed by atoms with van der Waals surface area (Å²) in [5.41, 5.74) is 2.46. The Morgan fingerprint density at radius 2 is 1.88 bits per heavy atom. The molecule has 0 aliphatic carbocycles. The minimum Gasteiger partial charge on any atom is -0.277 e. The highest BCUT2D eigenvalue weighted by Crippen LogP contribution is 2.17. The Bertz CT molecular complexity index is 725. The van der Waals surface area contributed by atoms with Gasteiger partial charge in [-0.1, -0.05) is 30.3 Å². The van der Waals surface area contributed by atoms with Crippen LogP contribution < -0.4 is 5.56 Å². The third-order valence-corrected chi connectivity index (χ3v) is 2.68. The Labute approximate surface area is 97.5 Å². The second-order valence-electron chi connectivity index (χ2n) is 3.95. The van der Waals surface area contributed by atoms with Crippen molar-refractivity contribution in [3.8, 4) is 11.1 Å². The summed E-state index contributed by atoms with van der Waals surface area (Å²) >= 11 is 0. The third kappa shape index (κ3) is 1.63. The summed E-state index contributed by atoms with van der Waals surface area (Å²) in [4.78, 5) is 16.1. The first-order chi connectivity index (χ1) is 8.24. The van der Waals surface area contributed by atoms with Gasteiger partial charge in [0.1, 0.15) is 5.82 Å². The van der Waals surface area contributed by atoms with Crippen LogP contribution in [0.2, 0.25) is 0 Å². The highest BCUT2D eigenvalue weighted by Gasteiger charge is 2.05. The SMILES string of the molecule is Cc1nc2cc(-c3ccccc3)cc(=O)n2[nH]1. The molecule has 4 heteroatoms. The Morgan fingerprint density at radius 1 is 1.12 bits per heavy atom. The van der Waals surface area contributed by atoms with Crippen LogP contribution in [0.25, 0.3) is 16.8 Å². The molecule has 0 unspecified atom stereocenters. The van der Waals surface area contributed by atoms with Crippen molar-refractivity contribution in [3.05, 3.63) is 58.6 Å². The van der Waals surface area contributed by atoms with E-state index >= 15 is 0 Å². The van der Waals surface area contributed by atoms with Crippen molar-refractivity contribution >= 4 is 5.65 Å². The predicted octanol–water partition coefficient (Wildman–Crippen LogP) is 2.00. The number of rotatable bonds is 1. The topological polar surface area (TPSA) is 50.2 Å². The molecule has 17 heavy (non-hydrogen) atoms. The van der Waals surface area contributed by atoms with E-state index in [0.29, 0.717) is 5.65 Å². The molecule has 3 rings (SSSR count). The molecule has 2 heterocycles. The number of hydrogen-bond donors (Lipinski definition) is 1. The maximum atomic E-state index is 11.9. The van der Waals surface area contributed by atoms with Gasteiger partial charge in [0.2, 0.25) is 0 Å². The van der Waals surface area contributed by atoms with Gasteiger partial charge < -0.3 is 0 Å². The van der Waals surface area contributed by atoms with E-state index in [0.717, 1.165) is 17.0 Å². The molecule has 0 aliphatic heterocycles. The standard InChI is InChI=1S/C13H11N3O/c1-9-14-12-7-11(8-13(17)16(12)15-9)10-5-3-2-4-6-10/h2-8H,1H3,(H,14,15). The summed E-state index contributed by atoms with van der Waals surface area (Å²) < 4.78 is 1.45. The van der Waals surface area contributed by atoms with Gasteiger partial charge in [-0.2, -0.15) is 0 Å². The predicted molar refractivity (Wildman–Crippen MR) is 66.0 cm³/mol. The number of benzene rings is 1. The van der Waals surface area contributed by atoms with E-state index < -0.39 is 0 Å². The van der Waals surface area contributed by atoms with E-state index in [1.54, 1.807) is 6.07 Å². The van der Waals surface area contributed by atoms with E-state index in [4.69, 9.17) is 0 Å². The molecular weight excluding hydrogens is 214 g/mol. The zero-order valence-electron chi connectivity index (χ0n) is 9.34. The average molecular weight is 225 g/mol. The number of aromatic amines is 1. The van der Waals surface area contributed by atoms with Gasteiger partial charge >= 0.3 is 0 Å². The Balaban J connectivity index is 2.29. The fourth-order valence-electron chi connectivity index (χ4n) is 1.91. The number of aryl methyl sites for hydroxylation is 1. The molecule has 0 saturated heterocycles. The van der Waals surface area contributed by atoms with Crippen molar-refractivity contribution in [3.63, 3.8) is 0 Å². The van der Waals surface area contributed by atoms with Crippen molar-refractivity contribution in [2.45, 2.75) is 6.92 Å². The van der Waals surface area contributed by atoms with Gasteiger partial charge in [0.25, 0.3) is 5.56 Å². The number of H-pyrrole nitrogens is 1. The lowest BCUT2D eigenvalue weighted by atomic mass is 10.1. The molecule has 1 N–H and O–H groups in total. The number of fused-ring (bicyclic) bond motifs is 1. The van der Waals surface area contributed by atoms with Crippen LogP contribution in [-0.4, -0.2) is 14.6 Å². The van der Waals surface area contributed by atoms with E-state index in [9.17, 15) is 4.79 Å². The largest absolute Gasteiger partial charge is 0.277 e. The van der Waals surface area contributed by atoms with Gasteiger partial charge in [0.05, 0.1) is 0 Å². The first-order valence-electron chi connectivity index (χ1n) is 5.39. The summed E-state index contributed by atoms with van der Waals surface area (Å²) in [6.45, 7) is 1.83. The maximum Gasteiger partial charge on any atom is 0.271 e. The minimum absolute atomic E-state index is 0.0954. The summed E-state index contributed by atoms with van der Waals surface area (Å²) in [7, 11) is 0. The van der Waals surface area contributed by atoms with Crippen molar-refractivity contribution < 1.29 is 0 Å². The second kappa shape index (κ2) is 3.59. The van der Waals surface area contributed by atoms with Crippen LogP contribution in [0.5, 0.6) is 0 Å². The molecule has 0 saturated carbocycles. The minimum atomic E-state index is -0.0954. The molecule has 1 aromatic carbocycles. The molecule has 0 amide bonds. The second-order valence-corrected chi connectivity index (χ2v) is 3.95. The first-order valence-corrected chi connectivity index (χ1v) is 5.39. The molecular formula is C13H11N3O. The van der Waals surface area contributed by atoms with Crippen molar-refractivity contribution in [2.24, 2.45) is 0 Å². The lowest BCUT2D eigenvalue weighted by Crippen LogP contribution is -2.12. The van der Waals surface area contributed by atoms with Gasteiger partial charge in [0, 0.05) is 6.07 Å². The van der Waals surface area contributed by atoms with Crippen molar-refractivity contribution in [1.29, 1.82) is 0 Å². The van der Waals surface area contributed by atoms with Crippen LogP contribution in [0, 0.1) is 6.92 Å². The summed E-state index contributed by atoms with van der Waals surface area (Å²) in [6.07, 6.45) is 0. The number of aromatic nitrogens is 3. The van der Waals surface area contributed by atoms with E-state index in [-0.39, 0.29) is 5.56 Å². The first kappa shape index (κ1) is 9.84. The van der Waals surface area contributed by atoms with Crippen molar-refractivity contribution in [1.82, 2.24) is 14.6 Å². The van der Waals surface area contributed by atoms with E-state index in [1.165, 1.54) is 4.52 Å². The van der Waals surface area contributed by atoms with Crippen LogP contribution in [0.4, 0.5) is 0 Å². The monoisotopic (exact) mass is 225 g/mol. The highest BCUT2D eigenvalue weighted by molar-refractivity contribution is 5.66. The average Bonchev–Trinajstić information content (AvgIpc) is 2.71. The molecule has 0 atom stereocenters. The molecule has 0 bridgehead atoms. The number of nitrogens with zero attached hydrogens (tertiary/aromatic N) is 2. The van der Waals surface area contributed by atoms with Gasteiger partial charge in [-0.25, -0.2) is 9.50 Å². The maximum absolute atomic E-state index is 11.9. The quantitative estimate of drug-likeness (QED) is 0.688. The van der Waals surface area contributed by atoms with Gasteiger partial charge in [-0.3, -0.25) is 9.89 Å². The molecule has 84 valence electrons. The number of pyridine rings is 1. The molecule has 2 aromatic heterocycles. The zero-order valence-corrected chi connectivity index (χ0v) is 9.34. The molecule has 0 fully saturated rings. The lowest BCUT2D eigenvalue weighted by molar-refractivity contribution is 0.896. The Kier molecular flexibility index (Phi) is 2.08. The summed E-state index contributed by atoms with van der Waals surface area (Å²) in [6, 6.07) is 13.3. The molecule has 3 aromatic rings. The molecule has 0 radical (unpaired) electrons. The summed E-state index contributed by atoms with van der Waals surface area (Å²) in [5, 5.41) is 2.90. The highest BCUT2D eigenvalue weighted by atomic mass is 16.1. The Morgan fingerprint density at radius 3 is 2.65 bits per heavy atom.